The fourth-order valence-corrected chi connectivity index (χ4v) is 5.17. The Morgan fingerprint density at radius 1 is 1.13 bits per heavy atom. The van der Waals surface area contributed by atoms with Crippen LogP contribution in [0.4, 0.5) is 5.69 Å². The molecule has 0 radical (unpaired) electrons. The van der Waals surface area contributed by atoms with Gasteiger partial charge >= 0.3 is 0 Å². The standard InChI is InChI=1S/C17H19ClN2O3/c18-15-2-1-13(8-16(15)20(22)23)17(21)19-9-12-4-10-3-11(5-12)7-14(19)6-10/h1-2,8,10-12,14H,3-7,9H2. The Morgan fingerprint density at radius 3 is 2.43 bits per heavy atom. The van der Waals surface area contributed by atoms with Crippen molar-refractivity contribution in [2.75, 3.05) is 6.54 Å². The van der Waals surface area contributed by atoms with E-state index in [1.807, 2.05) is 4.90 Å². The summed E-state index contributed by atoms with van der Waals surface area (Å²) in [5, 5.41) is 11.1. The molecule has 0 spiro atoms. The number of carbonyl (C=O) groups excluding carboxylic acids is 1. The first-order valence-electron chi connectivity index (χ1n) is 8.26. The van der Waals surface area contributed by atoms with Crippen molar-refractivity contribution >= 4 is 23.2 Å². The molecule has 2 saturated heterocycles. The van der Waals surface area contributed by atoms with Crippen LogP contribution in [0.2, 0.25) is 5.02 Å². The van der Waals surface area contributed by atoms with Crippen LogP contribution in [-0.2, 0) is 0 Å². The zero-order valence-electron chi connectivity index (χ0n) is 12.8. The van der Waals surface area contributed by atoms with E-state index in [4.69, 9.17) is 11.6 Å². The average molecular weight is 335 g/mol. The summed E-state index contributed by atoms with van der Waals surface area (Å²) in [6.45, 7) is 0.799. The molecule has 5 nitrogen and oxygen atoms in total. The van der Waals surface area contributed by atoms with Crippen LogP contribution in [0.5, 0.6) is 0 Å². The molecule has 4 aliphatic rings. The minimum atomic E-state index is -0.533. The zero-order chi connectivity index (χ0) is 16.1. The summed E-state index contributed by atoms with van der Waals surface area (Å²) >= 11 is 5.86. The number of benzene rings is 1. The molecule has 2 atom stereocenters. The molecule has 122 valence electrons. The SMILES string of the molecule is O=C(c1ccc(Cl)c([N+](=O)[O-])c1)N1CC2CC3CC(C2)CC1C3. The van der Waals surface area contributed by atoms with Crippen molar-refractivity contribution in [2.45, 2.75) is 38.1 Å². The van der Waals surface area contributed by atoms with Gasteiger partial charge in [-0.3, -0.25) is 14.9 Å². The first-order chi connectivity index (χ1) is 11.0. The molecule has 1 aromatic carbocycles. The zero-order valence-corrected chi connectivity index (χ0v) is 13.5. The fraction of sp³-hybridized carbons (Fsp3) is 0.588. The summed E-state index contributed by atoms with van der Waals surface area (Å²) < 4.78 is 0. The summed E-state index contributed by atoms with van der Waals surface area (Å²) in [5.74, 6) is 2.03. The molecule has 6 heteroatoms. The van der Waals surface area contributed by atoms with Crippen molar-refractivity contribution < 1.29 is 9.72 Å². The number of carbonyl (C=O) groups is 1. The second kappa shape index (κ2) is 5.48. The number of nitro groups is 1. The highest BCUT2D eigenvalue weighted by Gasteiger charge is 2.44. The first kappa shape index (κ1) is 14.9. The monoisotopic (exact) mass is 334 g/mol. The smallest absolute Gasteiger partial charge is 0.288 e. The van der Waals surface area contributed by atoms with Crippen LogP contribution in [0.25, 0.3) is 0 Å². The van der Waals surface area contributed by atoms with E-state index in [0.29, 0.717) is 17.5 Å². The highest BCUT2D eigenvalue weighted by molar-refractivity contribution is 6.32. The van der Waals surface area contributed by atoms with E-state index in [1.54, 1.807) is 6.07 Å². The van der Waals surface area contributed by atoms with Crippen molar-refractivity contribution in [1.29, 1.82) is 0 Å². The van der Waals surface area contributed by atoms with Gasteiger partial charge in [-0.25, -0.2) is 0 Å². The normalized spacial score (nSPS) is 32.0. The second-order valence-corrected chi connectivity index (χ2v) is 7.72. The molecule has 2 aliphatic heterocycles. The van der Waals surface area contributed by atoms with Crippen LogP contribution in [0.15, 0.2) is 18.2 Å². The van der Waals surface area contributed by atoms with Gasteiger partial charge in [0.05, 0.1) is 4.92 Å². The summed E-state index contributed by atoms with van der Waals surface area (Å²) in [6.07, 6.45) is 5.97. The number of nitrogens with zero attached hydrogens (tertiary/aromatic N) is 2. The van der Waals surface area contributed by atoms with E-state index < -0.39 is 4.92 Å². The van der Waals surface area contributed by atoms with Gasteiger partial charge in [-0.15, -0.1) is 0 Å². The number of fused-ring (bicyclic) bond motifs is 1. The molecule has 2 aliphatic carbocycles. The number of hydrogen-bond acceptors (Lipinski definition) is 3. The highest BCUT2D eigenvalue weighted by Crippen LogP contribution is 2.47. The van der Waals surface area contributed by atoms with E-state index in [-0.39, 0.29) is 16.6 Å². The third-order valence-corrected chi connectivity index (χ3v) is 6.08. The van der Waals surface area contributed by atoms with Crippen molar-refractivity contribution in [3.05, 3.63) is 38.9 Å². The topological polar surface area (TPSA) is 63.4 Å². The molecule has 1 aromatic rings. The summed E-state index contributed by atoms with van der Waals surface area (Å²) in [7, 11) is 0. The Labute approximate surface area is 139 Å². The minimum Gasteiger partial charge on any atom is -0.335 e. The lowest BCUT2D eigenvalue weighted by molar-refractivity contribution is -0.384. The third kappa shape index (κ3) is 2.61. The van der Waals surface area contributed by atoms with E-state index >= 15 is 0 Å². The van der Waals surface area contributed by atoms with Gasteiger partial charge in [0, 0.05) is 24.2 Å². The van der Waals surface area contributed by atoms with Crippen LogP contribution >= 0.6 is 11.6 Å². The fourth-order valence-electron chi connectivity index (χ4n) is 4.98. The largest absolute Gasteiger partial charge is 0.335 e. The van der Waals surface area contributed by atoms with Gasteiger partial charge in [0.2, 0.25) is 0 Å². The number of nitro benzene ring substituents is 1. The van der Waals surface area contributed by atoms with E-state index in [1.165, 1.54) is 31.4 Å². The van der Waals surface area contributed by atoms with Crippen LogP contribution in [0.1, 0.15) is 42.5 Å². The molecule has 2 unspecified atom stereocenters. The summed E-state index contributed by atoms with van der Waals surface area (Å²) in [6, 6.07) is 4.68. The second-order valence-electron chi connectivity index (χ2n) is 7.31. The Morgan fingerprint density at radius 2 is 1.78 bits per heavy atom. The quantitative estimate of drug-likeness (QED) is 0.608. The van der Waals surface area contributed by atoms with E-state index in [2.05, 4.69) is 0 Å². The molecular weight excluding hydrogens is 316 g/mol. The van der Waals surface area contributed by atoms with Crippen molar-refractivity contribution in [3.63, 3.8) is 0 Å². The molecule has 4 bridgehead atoms. The average Bonchev–Trinajstić information content (AvgIpc) is 2.70. The van der Waals surface area contributed by atoms with Crippen molar-refractivity contribution in [2.24, 2.45) is 17.8 Å². The van der Waals surface area contributed by atoms with Gasteiger partial charge in [0.25, 0.3) is 11.6 Å². The predicted molar refractivity (Wildman–Crippen MR) is 86.5 cm³/mol. The van der Waals surface area contributed by atoms with Crippen LogP contribution in [0, 0.1) is 27.9 Å². The number of rotatable bonds is 2. The lowest BCUT2D eigenvalue weighted by atomic mass is 9.68. The Balaban J connectivity index is 1.64. The lowest BCUT2D eigenvalue weighted by Crippen LogP contribution is -2.42. The van der Waals surface area contributed by atoms with Crippen LogP contribution < -0.4 is 0 Å². The van der Waals surface area contributed by atoms with Gasteiger partial charge in [0.15, 0.2) is 0 Å². The first-order valence-corrected chi connectivity index (χ1v) is 8.64. The van der Waals surface area contributed by atoms with Gasteiger partial charge in [-0.05, 0) is 62.0 Å². The molecule has 2 heterocycles. The molecular formula is C17H19ClN2O3. The van der Waals surface area contributed by atoms with Crippen LogP contribution in [0.3, 0.4) is 0 Å². The maximum Gasteiger partial charge on any atom is 0.288 e. The lowest BCUT2D eigenvalue weighted by Gasteiger charge is -2.39. The molecule has 5 rings (SSSR count). The van der Waals surface area contributed by atoms with E-state index in [9.17, 15) is 14.9 Å². The van der Waals surface area contributed by atoms with Gasteiger partial charge < -0.3 is 4.90 Å². The minimum absolute atomic E-state index is 0.0717. The Hall–Kier alpha value is -1.62. The van der Waals surface area contributed by atoms with Gasteiger partial charge in [0.1, 0.15) is 5.02 Å². The predicted octanol–water partition coefficient (Wildman–Crippen LogP) is 3.90. The van der Waals surface area contributed by atoms with Gasteiger partial charge in [-0.1, -0.05) is 11.6 Å². The molecule has 2 saturated carbocycles. The highest BCUT2D eigenvalue weighted by atomic mass is 35.5. The third-order valence-electron chi connectivity index (χ3n) is 5.76. The maximum atomic E-state index is 13.0. The molecule has 0 N–H and O–H groups in total. The van der Waals surface area contributed by atoms with Crippen molar-refractivity contribution in [1.82, 2.24) is 4.90 Å². The summed E-state index contributed by atoms with van der Waals surface area (Å²) in [5.41, 5.74) is 0.181. The number of halogens is 1. The van der Waals surface area contributed by atoms with Crippen molar-refractivity contribution in [3.8, 4) is 0 Å². The Kier molecular flexibility index (Phi) is 3.56. The maximum absolute atomic E-state index is 13.0. The number of hydrogen-bond donors (Lipinski definition) is 0. The Bertz CT molecular complexity index is 664. The number of amides is 1. The summed E-state index contributed by atoms with van der Waals surface area (Å²) in [4.78, 5) is 25.5. The molecule has 4 fully saturated rings. The molecule has 0 aromatic heterocycles. The molecule has 1 amide bonds. The van der Waals surface area contributed by atoms with Gasteiger partial charge in [-0.2, -0.15) is 0 Å². The molecule has 23 heavy (non-hydrogen) atoms. The van der Waals surface area contributed by atoms with E-state index in [0.717, 1.165) is 31.2 Å². The van der Waals surface area contributed by atoms with Crippen LogP contribution in [-0.4, -0.2) is 28.3 Å².